The maximum Gasteiger partial charge on any atom is 0.256 e. The minimum absolute atomic E-state index is 0.00778. The average Bonchev–Trinajstić information content (AvgIpc) is 2.54. The number of carbonyl (C=O) groups is 1. The molecule has 1 saturated heterocycles. The Morgan fingerprint density at radius 2 is 2.19 bits per heavy atom. The van der Waals surface area contributed by atoms with Crippen LogP contribution in [-0.4, -0.2) is 43.2 Å². The first kappa shape index (κ1) is 14.2. The number of nitrogens with zero attached hydrogens (tertiary/aromatic N) is 1. The van der Waals surface area contributed by atoms with Gasteiger partial charge in [-0.3, -0.25) is 4.79 Å². The third kappa shape index (κ3) is 2.58. The number of hydrogen-bond acceptors (Lipinski definition) is 4. The van der Waals surface area contributed by atoms with E-state index in [1.807, 2.05) is 4.90 Å². The number of para-hydroxylation sites is 1. The van der Waals surface area contributed by atoms with Crippen LogP contribution in [0.3, 0.4) is 0 Å². The summed E-state index contributed by atoms with van der Waals surface area (Å²) >= 11 is 0. The molecule has 1 amide bonds. The van der Waals surface area contributed by atoms with Crippen LogP contribution in [0.2, 0.25) is 0 Å². The van der Waals surface area contributed by atoms with Crippen molar-refractivity contribution < 1.29 is 14.3 Å². The molecule has 2 unspecified atom stereocenters. The molecule has 2 atom stereocenters. The van der Waals surface area contributed by atoms with E-state index in [1.165, 1.54) is 6.42 Å². The molecule has 3 rings (SSSR count). The van der Waals surface area contributed by atoms with Crippen molar-refractivity contribution in [2.75, 3.05) is 26.0 Å². The summed E-state index contributed by atoms with van der Waals surface area (Å²) in [5.41, 5.74) is 7.01. The summed E-state index contributed by atoms with van der Waals surface area (Å²) in [6, 6.07) is 5.54. The summed E-state index contributed by atoms with van der Waals surface area (Å²) in [6.45, 7) is 1.24. The number of hydrogen-bond donors (Lipinski definition) is 1. The van der Waals surface area contributed by atoms with E-state index in [-0.39, 0.29) is 18.1 Å². The van der Waals surface area contributed by atoms with Gasteiger partial charge >= 0.3 is 0 Å². The van der Waals surface area contributed by atoms with Crippen molar-refractivity contribution in [2.24, 2.45) is 0 Å². The summed E-state index contributed by atoms with van der Waals surface area (Å²) in [6.07, 6.45) is 4.58. The monoisotopic (exact) mass is 290 g/mol. The molecule has 2 fully saturated rings. The smallest absolute Gasteiger partial charge is 0.256 e. The second-order valence-corrected chi connectivity index (χ2v) is 5.68. The second kappa shape index (κ2) is 5.93. The zero-order chi connectivity index (χ0) is 14.8. The predicted octanol–water partition coefficient (Wildman–Crippen LogP) is 2.06. The van der Waals surface area contributed by atoms with Gasteiger partial charge in [-0.1, -0.05) is 18.9 Å². The van der Waals surface area contributed by atoms with Crippen molar-refractivity contribution in [2.45, 2.75) is 37.8 Å². The van der Waals surface area contributed by atoms with Crippen LogP contribution in [0.15, 0.2) is 18.2 Å². The molecule has 1 aliphatic heterocycles. The van der Waals surface area contributed by atoms with E-state index >= 15 is 0 Å². The van der Waals surface area contributed by atoms with Gasteiger partial charge in [-0.2, -0.15) is 0 Å². The molecule has 0 aromatic heterocycles. The number of ether oxygens (including phenoxy) is 2. The molecule has 2 N–H and O–H groups in total. The first-order valence-corrected chi connectivity index (χ1v) is 7.57. The Labute approximate surface area is 125 Å². The fourth-order valence-corrected chi connectivity index (χ4v) is 3.41. The van der Waals surface area contributed by atoms with E-state index in [4.69, 9.17) is 15.2 Å². The molecule has 2 aliphatic rings. The molecular weight excluding hydrogens is 268 g/mol. The molecule has 5 heteroatoms. The Balaban J connectivity index is 1.87. The molecule has 0 spiro atoms. The zero-order valence-corrected chi connectivity index (χ0v) is 12.4. The van der Waals surface area contributed by atoms with Crippen LogP contribution in [0.5, 0.6) is 5.75 Å². The number of benzene rings is 1. The molecule has 1 heterocycles. The van der Waals surface area contributed by atoms with Crippen LogP contribution in [0.4, 0.5) is 5.69 Å². The van der Waals surface area contributed by atoms with Crippen molar-refractivity contribution in [3.8, 4) is 5.75 Å². The number of carbonyl (C=O) groups excluding carboxylic acids is 1. The van der Waals surface area contributed by atoms with Crippen LogP contribution in [0, 0.1) is 0 Å². The largest absolute Gasteiger partial charge is 0.495 e. The molecule has 21 heavy (non-hydrogen) atoms. The number of fused-ring (bicyclic) bond motifs is 1. The Hall–Kier alpha value is -1.75. The van der Waals surface area contributed by atoms with E-state index < -0.39 is 0 Å². The number of nitrogens with two attached hydrogens (primary N) is 1. The lowest BCUT2D eigenvalue weighted by Gasteiger charge is -2.43. The van der Waals surface area contributed by atoms with Gasteiger partial charge in [0, 0.05) is 6.54 Å². The summed E-state index contributed by atoms with van der Waals surface area (Å²) in [5, 5.41) is 0. The summed E-state index contributed by atoms with van der Waals surface area (Å²) in [5.74, 6) is 0.543. The summed E-state index contributed by atoms with van der Waals surface area (Å²) < 4.78 is 11.0. The lowest BCUT2D eigenvalue weighted by atomic mass is 9.89. The van der Waals surface area contributed by atoms with Gasteiger partial charge in [-0.25, -0.2) is 0 Å². The first-order valence-electron chi connectivity index (χ1n) is 7.57. The van der Waals surface area contributed by atoms with Gasteiger partial charge in [0.15, 0.2) is 0 Å². The maximum atomic E-state index is 12.9. The standard InChI is InChI=1S/C16H22N2O3/c1-20-14-8-4-5-11(15(14)17)16(19)18-9-10-21-13-7-3-2-6-12(13)18/h4-5,8,12-13H,2-3,6-7,9-10,17H2,1H3. The molecule has 5 nitrogen and oxygen atoms in total. The van der Waals surface area contributed by atoms with Crippen LogP contribution in [-0.2, 0) is 4.74 Å². The number of amides is 1. The second-order valence-electron chi connectivity index (χ2n) is 5.68. The highest BCUT2D eigenvalue weighted by Gasteiger charge is 2.37. The molecule has 1 aliphatic carbocycles. The molecule has 0 bridgehead atoms. The van der Waals surface area contributed by atoms with Gasteiger partial charge in [0.05, 0.1) is 37.1 Å². The van der Waals surface area contributed by atoms with Crippen molar-refractivity contribution in [3.05, 3.63) is 23.8 Å². The lowest BCUT2D eigenvalue weighted by molar-refractivity contribution is -0.0752. The van der Waals surface area contributed by atoms with E-state index in [2.05, 4.69) is 0 Å². The van der Waals surface area contributed by atoms with Gasteiger partial charge in [-0.15, -0.1) is 0 Å². The van der Waals surface area contributed by atoms with Gasteiger partial charge in [0.25, 0.3) is 5.91 Å². The number of morpholine rings is 1. The van der Waals surface area contributed by atoms with Crippen molar-refractivity contribution in [1.29, 1.82) is 0 Å². The first-order chi connectivity index (χ1) is 10.2. The van der Waals surface area contributed by atoms with Crippen LogP contribution >= 0.6 is 0 Å². The van der Waals surface area contributed by atoms with Gasteiger partial charge in [0.1, 0.15) is 5.75 Å². The summed E-state index contributed by atoms with van der Waals surface area (Å²) in [7, 11) is 1.56. The quantitative estimate of drug-likeness (QED) is 0.847. The fraction of sp³-hybridized carbons (Fsp3) is 0.562. The highest BCUT2D eigenvalue weighted by Crippen LogP contribution is 2.32. The number of nitrogen functional groups attached to an aromatic ring is 1. The Bertz CT molecular complexity index is 530. The number of rotatable bonds is 2. The van der Waals surface area contributed by atoms with Crippen LogP contribution < -0.4 is 10.5 Å². The molecule has 1 aromatic carbocycles. The molecule has 1 aromatic rings. The van der Waals surface area contributed by atoms with Crippen LogP contribution in [0.1, 0.15) is 36.0 Å². The maximum absolute atomic E-state index is 12.9. The van der Waals surface area contributed by atoms with Gasteiger partial charge < -0.3 is 20.1 Å². The molecular formula is C16H22N2O3. The van der Waals surface area contributed by atoms with Gasteiger partial charge in [0.2, 0.25) is 0 Å². The zero-order valence-electron chi connectivity index (χ0n) is 12.4. The minimum atomic E-state index is -0.00778. The number of anilines is 1. The van der Waals surface area contributed by atoms with Crippen LogP contribution in [0.25, 0.3) is 0 Å². The third-order valence-corrected chi connectivity index (χ3v) is 4.51. The summed E-state index contributed by atoms with van der Waals surface area (Å²) in [4.78, 5) is 14.8. The minimum Gasteiger partial charge on any atom is -0.495 e. The Morgan fingerprint density at radius 1 is 1.38 bits per heavy atom. The average molecular weight is 290 g/mol. The highest BCUT2D eigenvalue weighted by atomic mass is 16.5. The van der Waals surface area contributed by atoms with Gasteiger partial charge in [-0.05, 0) is 25.0 Å². The topological polar surface area (TPSA) is 64.8 Å². The van der Waals surface area contributed by atoms with Crippen molar-refractivity contribution in [3.63, 3.8) is 0 Å². The Kier molecular flexibility index (Phi) is 4.01. The normalized spacial score (nSPS) is 25.3. The fourth-order valence-electron chi connectivity index (χ4n) is 3.41. The van der Waals surface area contributed by atoms with E-state index in [0.717, 1.165) is 19.3 Å². The van der Waals surface area contributed by atoms with E-state index in [1.54, 1.807) is 25.3 Å². The van der Waals surface area contributed by atoms with Crippen molar-refractivity contribution >= 4 is 11.6 Å². The predicted molar refractivity (Wildman–Crippen MR) is 80.4 cm³/mol. The lowest BCUT2D eigenvalue weighted by Crippen LogP contribution is -2.54. The van der Waals surface area contributed by atoms with E-state index in [0.29, 0.717) is 30.2 Å². The van der Waals surface area contributed by atoms with E-state index in [9.17, 15) is 4.79 Å². The molecule has 114 valence electrons. The number of methoxy groups -OCH3 is 1. The highest BCUT2D eigenvalue weighted by molar-refractivity contribution is 6.00. The van der Waals surface area contributed by atoms with Crippen molar-refractivity contribution in [1.82, 2.24) is 4.90 Å². The molecule has 1 saturated carbocycles. The SMILES string of the molecule is COc1cccc(C(=O)N2CCOC3CCCCC32)c1N. The Morgan fingerprint density at radius 3 is 3.00 bits per heavy atom. The third-order valence-electron chi connectivity index (χ3n) is 4.51. The molecule has 0 radical (unpaired) electrons.